The summed E-state index contributed by atoms with van der Waals surface area (Å²) in [7, 11) is 0. The first-order valence-electron chi connectivity index (χ1n) is 7.58. The maximum atomic E-state index is 13.8. The van der Waals surface area contributed by atoms with Crippen molar-refractivity contribution in [2.45, 2.75) is 19.4 Å². The van der Waals surface area contributed by atoms with Gasteiger partial charge >= 0.3 is 5.97 Å². The number of hydrogen-bond acceptors (Lipinski definition) is 4. The maximum Gasteiger partial charge on any atom is 0.312 e. The fourth-order valence-electron chi connectivity index (χ4n) is 2.41. The van der Waals surface area contributed by atoms with Gasteiger partial charge in [-0.2, -0.15) is 0 Å². The van der Waals surface area contributed by atoms with Crippen LogP contribution in [-0.2, 0) is 19.1 Å². The van der Waals surface area contributed by atoms with Crippen LogP contribution in [0.25, 0.3) is 0 Å². The first-order valence-corrected chi connectivity index (χ1v) is 7.58. The lowest BCUT2D eigenvalue weighted by molar-refractivity contribution is -0.158. The molecule has 0 radical (unpaired) electrons. The standard InChI is InChI=1S/C17H19FN2O4/c1-3-8-19-16(22)11(2)24-17(23)12-9-15(21)20(10-12)14-7-5-4-6-13(14)18/h3-7,11-12H,1,8-10H2,2H3,(H,19,22)/t11-,12+/m1/s1. The zero-order valence-electron chi connectivity index (χ0n) is 13.3. The molecule has 0 spiro atoms. The molecule has 1 aromatic carbocycles. The number of anilines is 1. The molecule has 1 aliphatic rings. The minimum absolute atomic E-state index is 0.0274. The normalized spacial score (nSPS) is 18.2. The fraction of sp³-hybridized carbons (Fsp3) is 0.353. The van der Waals surface area contributed by atoms with Gasteiger partial charge in [-0.3, -0.25) is 14.4 Å². The van der Waals surface area contributed by atoms with Gasteiger partial charge in [0.1, 0.15) is 5.82 Å². The van der Waals surface area contributed by atoms with Crippen LogP contribution in [0.2, 0.25) is 0 Å². The molecule has 2 amide bonds. The topological polar surface area (TPSA) is 75.7 Å². The Labute approximate surface area is 139 Å². The number of halogens is 1. The predicted molar refractivity (Wildman–Crippen MR) is 85.6 cm³/mol. The predicted octanol–water partition coefficient (Wildman–Crippen LogP) is 1.41. The summed E-state index contributed by atoms with van der Waals surface area (Å²) in [5.74, 6) is -2.71. The zero-order chi connectivity index (χ0) is 17.7. The number of carbonyl (C=O) groups is 3. The number of esters is 1. The highest BCUT2D eigenvalue weighted by atomic mass is 19.1. The summed E-state index contributed by atoms with van der Waals surface area (Å²) in [6.07, 6.45) is 0.456. The van der Waals surface area contributed by atoms with Crippen molar-refractivity contribution in [3.8, 4) is 0 Å². The van der Waals surface area contributed by atoms with Crippen molar-refractivity contribution in [3.05, 3.63) is 42.7 Å². The van der Waals surface area contributed by atoms with Crippen molar-refractivity contribution in [1.29, 1.82) is 0 Å². The van der Waals surface area contributed by atoms with Gasteiger partial charge < -0.3 is 15.0 Å². The van der Waals surface area contributed by atoms with Crippen LogP contribution in [0.5, 0.6) is 0 Å². The Morgan fingerprint density at radius 2 is 2.21 bits per heavy atom. The molecule has 1 saturated heterocycles. The van der Waals surface area contributed by atoms with Crippen molar-refractivity contribution >= 4 is 23.5 Å². The number of nitrogens with zero attached hydrogens (tertiary/aromatic N) is 1. The SMILES string of the molecule is C=CCNC(=O)[C@@H](C)OC(=O)[C@H]1CC(=O)N(c2ccccc2F)C1. The quantitative estimate of drug-likeness (QED) is 0.630. The highest BCUT2D eigenvalue weighted by Gasteiger charge is 2.38. The van der Waals surface area contributed by atoms with Crippen molar-refractivity contribution < 1.29 is 23.5 Å². The molecule has 24 heavy (non-hydrogen) atoms. The summed E-state index contributed by atoms with van der Waals surface area (Å²) in [6, 6.07) is 5.87. The average molecular weight is 334 g/mol. The number of para-hydroxylation sites is 1. The number of carbonyl (C=O) groups excluding carboxylic acids is 3. The summed E-state index contributed by atoms with van der Waals surface area (Å²) in [6.45, 7) is 5.21. The Kier molecular flexibility index (Phi) is 5.68. The lowest BCUT2D eigenvalue weighted by atomic mass is 10.1. The summed E-state index contributed by atoms with van der Waals surface area (Å²) in [4.78, 5) is 37.1. The Morgan fingerprint density at radius 3 is 2.88 bits per heavy atom. The molecule has 1 aromatic rings. The van der Waals surface area contributed by atoms with Crippen LogP contribution in [0.15, 0.2) is 36.9 Å². The van der Waals surface area contributed by atoms with E-state index in [2.05, 4.69) is 11.9 Å². The number of hydrogen-bond donors (Lipinski definition) is 1. The van der Waals surface area contributed by atoms with E-state index in [1.54, 1.807) is 6.07 Å². The van der Waals surface area contributed by atoms with E-state index in [4.69, 9.17) is 4.74 Å². The molecule has 0 bridgehead atoms. The first-order chi connectivity index (χ1) is 11.4. The zero-order valence-corrected chi connectivity index (χ0v) is 13.3. The lowest BCUT2D eigenvalue weighted by Gasteiger charge is -2.18. The molecule has 1 fully saturated rings. The van der Waals surface area contributed by atoms with Gasteiger partial charge in [0, 0.05) is 19.5 Å². The van der Waals surface area contributed by atoms with E-state index < -0.39 is 29.7 Å². The van der Waals surface area contributed by atoms with E-state index in [9.17, 15) is 18.8 Å². The van der Waals surface area contributed by atoms with E-state index in [-0.39, 0.29) is 31.1 Å². The molecule has 0 aliphatic carbocycles. The molecule has 1 aliphatic heterocycles. The van der Waals surface area contributed by atoms with Crippen LogP contribution in [-0.4, -0.2) is 37.0 Å². The lowest BCUT2D eigenvalue weighted by Crippen LogP contribution is -2.37. The van der Waals surface area contributed by atoms with E-state index in [0.717, 1.165) is 0 Å². The molecule has 1 N–H and O–H groups in total. The molecule has 7 heteroatoms. The van der Waals surface area contributed by atoms with Gasteiger partial charge in [0.05, 0.1) is 11.6 Å². The minimum Gasteiger partial charge on any atom is -0.452 e. The Hall–Kier alpha value is -2.70. The highest BCUT2D eigenvalue weighted by molar-refractivity contribution is 5.99. The Balaban J connectivity index is 1.98. The monoisotopic (exact) mass is 334 g/mol. The van der Waals surface area contributed by atoms with E-state index in [0.29, 0.717) is 0 Å². The van der Waals surface area contributed by atoms with Crippen LogP contribution in [0.4, 0.5) is 10.1 Å². The number of rotatable bonds is 6. The second-order valence-electron chi connectivity index (χ2n) is 5.47. The van der Waals surface area contributed by atoms with Crippen LogP contribution >= 0.6 is 0 Å². The highest BCUT2D eigenvalue weighted by Crippen LogP contribution is 2.28. The molecule has 0 saturated carbocycles. The van der Waals surface area contributed by atoms with Crippen molar-refractivity contribution in [1.82, 2.24) is 5.32 Å². The van der Waals surface area contributed by atoms with E-state index in [1.807, 2.05) is 0 Å². The number of amides is 2. The molecule has 0 unspecified atom stereocenters. The Morgan fingerprint density at radius 1 is 1.50 bits per heavy atom. The van der Waals surface area contributed by atoms with E-state index in [1.165, 1.54) is 36.1 Å². The van der Waals surface area contributed by atoms with Crippen LogP contribution in [0.3, 0.4) is 0 Å². The average Bonchev–Trinajstić information content (AvgIpc) is 2.94. The van der Waals surface area contributed by atoms with Crippen LogP contribution in [0.1, 0.15) is 13.3 Å². The molecule has 1 heterocycles. The van der Waals surface area contributed by atoms with Gasteiger partial charge in [-0.15, -0.1) is 6.58 Å². The molecule has 6 nitrogen and oxygen atoms in total. The third-order valence-corrected chi connectivity index (χ3v) is 3.68. The van der Waals surface area contributed by atoms with Crippen molar-refractivity contribution in [2.75, 3.05) is 18.0 Å². The second kappa shape index (κ2) is 7.72. The number of ether oxygens (including phenoxy) is 1. The number of nitrogens with one attached hydrogen (secondary N) is 1. The summed E-state index contributed by atoms with van der Waals surface area (Å²) in [5.41, 5.74) is 0.134. The molecule has 128 valence electrons. The third-order valence-electron chi connectivity index (χ3n) is 3.68. The summed E-state index contributed by atoms with van der Waals surface area (Å²) >= 11 is 0. The molecular formula is C17H19FN2O4. The van der Waals surface area contributed by atoms with Gasteiger partial charge in [-0.25, -0.2) is 4.39 Å². The molecule has 2 atom stereocenters. The van der Waals surface area contributed by atoms with E-state index >= 15 is 0 Å². The van der Waals surface area contributed by atoms with Crippen LogP contribution < -0.4 is 10.2 Å². The Bertz CT molecular complexity index is 662. The van der Waals surface area contributed by atoms with Crippen molar-refractivity contribution in [2.24, 2.45) is 5.92 Å². The second-order valence-corrected chi connectivity index (χ2v) is 5.47. The first kappa shape index (κ1) is 17.7. The molecule has 0 aromatic heterocycles. The summed E-state index contributed by atoms with van der Waals surface area (Å²) < 4.78 is 18.9. The minimum atomic E-state index is -0.977. The number of benzene rings is 1. The maximum absolute atomic E-state index is 13.8. The van der Waals surface area contributed by atoms with Crippen LogP contribution in [0, 0.1) is 11.7 Å². The van der Waals surface area contributed by atoms with Gasteiger partial charge in [0.15, 0.2) is 6.10 Å². The third kappa shape index (κ3) is 3.98. The summed E-state index contributed by atoms with van der Waals surface area (Å²) in [5, 5.41) is 2.52. The fourth-order valence-corrected chi connectivity index (χ4v) is 2.41. The van der Waals surface area contributed by atoms with Gasteiger partial charge in [0.25, 0.3) is 5.91 Å². The molecular weight excluding hydrogens is 315 g/mol. The largest absolute Gasteiger partial charge is 0.452 e. The van der Waals surface area contributed by atoms with Crippen molar-refractivity contribution in [3.63, 3.8) is 0 Å². The van der Waals surface area contributed by atoms with Gasteiger partial charge in [0.2, 0.25) is 5.91 Å². The van der Waals surface area contributed by atoms with Gasteiger partial charge in [-0.1, -0.05) is 18.2 Å². The van der Waals surface area contributed by atoms with Gasteiger partial charge in [-0.05, 0) is 19.1 Å². The smallest absolute Gasteiger partial charge is 0.312 e. The molecule has 2 rings (SSSR count).